The number of nitrogens with one attached hydrogen (secondary N) is 1. The molecule has 0 heterocycles. The van der Waals surface area contributed by atoms with Gasteiger partial charge in [-0.3, -0.25) is 0 Å². The summed E-state index contributed by atoms with van der Waals surface area (Å²) in [5.74, 6) is 1.54. The summed E-state index contributed by atoms with van der Waals surface area (Å²) in [6, 6.07) is 7.60. The monoisotopic (exact) mass is 263 g/mol. The third-order valence-electron chi connectivity index (χ3n) is 4.39. The molecule has 1 fully saturated rings. The highest BCUT2D eigenvalue weighted by molar-refractivity contribution is 5.16. The van der Waals surface area contributed by atoms with E-state index in [1.54, 1.807) is 12.1 Å². The Bertz CT molecular complexity index is 389. The van der Waals surface area contributed by atoms with Crippen LogP contribution in [0.1, 0.15) is 45.1 Å². The van der Waals surface area contributed by atoms with Crippen LogP contribution >= 0.6 is 0 Å². The fraction of sp³-hybridized carbons (Fsp3) is 0.647. The molecule has 0 saturated heterocycles. The first kappa shape index (κ1) is 14.5. The fourth-order valence-electron chi connectivity index (χ4n) is 3.13. The number of halogens is 1. The van der Waals surface area contributed by atoms with Gasteiger partial charge >= 0.3 is 0 Å². The molecule has 1 N–H and O–H groups in total. The zero-order valence-electron chi connectivity index (χ0n) is 12.2. The summed E-state index contributed by atoms with van der Waals surface area (Å²) >= 11 is 0. The molecule has 1 saturated carbocycles. The Morgan fingerprint density at radius 2 is 2.16 bits per heavy atom. The van der Waals surface area contributed by atoms with Gasteiger partial charge in [0.1, 0.15) is 5.82 Å². The standard InChI is InChI=1S/C17H26FN/c1-13(2)15-6-4-8-17(12-15)19-10-9-14-5-3-7-16(18)11-14/h3,5,7,11,13,15,17,19H,4,6,8-10,12H2,1-2H3. The van der Waals surface area contributed by atoms with Gasteiger partial charge < -0.3 is 5.32 Å². The van der Waals surface area contributed by atoms with E-state index in [0.29, 0.717) is 6.04 Å². The van der Waals surface area contributed by atoms with Crippen molar-refractivity contribution in [3.63, 3.8) is 0 Å². The molecule has 0 aliphatic heterocycles. The average Bonchev–Trinajstić information content (AvgIpc) is 2.39. The van der Waals surface area contributed by atoms with Crippen molar-refractivity contribution in [2.45, 2.75) is 52.0 Å². The van der Waals surface area contributed by atoms with E-state index in [4.69, 9.17) is 0 Å². The lowest BCUT2D eigenvalue weighted by atomic mass is 9.79. The minimum absolute atomic E-state index is 0.130. The maximum atomic E-state index is 13.1. The molecule has 1 nitrogen and oxygen atoms in total. The molecule has 2 unspecified atom stereocenters. The van der Waals surface area contributed by atoms with Gasteiger partial charge in [-0.1, -0.05) is 38.8 Å². The highest BCUT2D eigenvalue weighted by Crippen LogP contribution is 2.29. The Kier molecular flexibility index (Phi) is 5.38. The van der Waals surface area contributed by atoms with Crippen LogP contribution in [0.2, 0.25) is 0 Å². The van der Waals surface area contributed by atoms with E-state index >= 15 is 0 Å². The first-order valence-electron chi connectivity index (χ1n) is 7.63. The molecule has 2 heteroatoms. The van der Waals surface area contributed by atoms with Crippen molar-refractivity contribution < 1.29 is 4.39 Å². The largest absolute Gasteiger partial charge is 0.314 e. The Balaban J connectivity index is 1.73. The Morgan fingerprint density at radius 1 is 1.32 bits per heavy atom. The SMILES string of the molecule is CC(C)C1CCCC(NCCc2cccc(F)c2)C1. The van der Waals surface area contributed by atoms with Gasteiger partial charge in [0.25, 0.3) is 0 Å². The van der Waals surface area contributed by atoms with E-state index in [-0.39, 0.29) is 5.82 Å². The third kappa shape index (κ3) is 4.61. The molecule has 1 aliphatic rings. The van der Waals surface area contributed by atoms with Gasteiger partial charge in [-0.15, -0.1) is 0 Å². The van der Waals surface area contributed by atoms with Crippen molar-refractivity contribution in [2.24, 2.45) is 11.8 Å². The molecule has 1 aromatic rings. The van der Waals surface area contributed by atoms with Gasteiger partial charge in [-0.05, 0) is 55.3 Å². The first-order valence-corrected chi connectivity index (χ1v) is 7.63. The van der Waals surface area contributed by atoms with E-state index in [9.17, 15) is 4.39 Å². The molecule has 0 radical (unpaired) electrons. The number of benzene rings is 1. The summed E-state index contributed by atoms with van der Waals surface area (Å²) in [7, 11) is 0. The van der Waals surface area contributed by atoms with Crippen molar-refractivity contribution in [1.29, 1.82) is 0 Å². The van der Waals surface area contributed by atoms with Crippen LogP contribution in [0.3, 0.4) is 0 Å². The number of hydrogen-bond donors (Lipinski definition) is 1. The normalized spacial score (nSPS) is 23.8. The fourth-order valence-corrected chi connectivity index (χ4v) is 3.13. The van der Waals surface area contributed by atoms with Crippen LogP contribution in [0, 0.1) is 17.7 Å². The van der Waals surface area contributed by atoms with Crippen molar-refractivity contribution in [3.8, 4) is 0 Å². The zero-order valence-corrected chi connectivity index (χ0v) is 12.2. The number of hydrogen-bond acceptors (Lipinski definition) is 1. The van der Waals surface area contributed by atoms with Crippen molar-refractivity contribution >= 4 is 0 Å². The smallest absolute Gasteiger partial charge is 0.123 e. The molecule has 0 bridgehead atoms. The van der Waals surface area contributed by atoms with Crippen LogP contribution in [0.25, 0.3) is 0 Å². The minimum atomic E-state index is -0.130. The van der Waals surface area contributed by atoms with Crippen LogP contribution in [-0.4, -0.2) is 12.6 Å². The molecule has 2 atom stereocenters. The van der Waals surface area contributed by atoms with E-state index in [1.165, 1.54) is 31.7 Å². The summed E-state index contributed by atoms with van der Waals surface area (Å²) < 4.78 is 13.1. The van der Waals surface area contributed by atoms with Crippen molar-refractivity contribution in [3.05, 3.63) is 35.6 Å². The predicted octanol–water partition coefficient (Wildman–Crippen LogP) is 4.17. The van der Waals surface area contributed by atoms with E-state index in [0.717, 1.165) is 30.4 Å². The van der Waals surface area contributed by atoms with Gasteiger partial charge in [0.15, 0.2) is 0 Å². The molecule has 1 aliphatic carbocycles. The van der Waals surface area contributed by atoms with Gasteiger partial charge in [0.05, 0.1) is 0 Å². The quantitative estimate of drug-likeness (QED) is 0.840. The van der Waals surface area contributed by atoms with Gasteiger partial charge in [-0.2, -0.15) is 0 Å². The van der Waals surface area contributed by atoms with Crippen LogP contribution in [-0.2, 0) is 6.42 Å². The maximum Gasteiger partial charge on any atom is 0.123 e. The third-order valence-corrected chi connectivity index (χ3v) is 4.39. The van der Waals surface area contributed by atoms with E-state index in [2.05, 4.69) is 19.2 Å². The molecule has 2 rings (SSSR count). The molecule has 0 spiro atoms. The summed E-state index contributed by atoms with van der Waals surface area (Å²) in [5.41, 5.74) is 1.09. The lowest BCUT2D eigenvalue weighted by Crippen LogP contribution is -2.36. The second kappa shape index (κ2) is 7.04. The van der Waals surface area contributed by atoms with Crippen LogP contribution in [0.5, 0.6) is 0 Å². The Morgan fingerprint density at radius 3 is 2.89 bits per heavy atom. The minimum Gasteiger partial charge on any atom is -0.314 e. The second-order valence-corrected chi connectivity index (χ2v) is 6.20. The lowest BCUT2D eigenvalue weighted by Gasteiger charge is -2.32. The number of rotatable bonds is 5. The van der Waals surface area contributed by atoms with Gasteiger partial charge in [-0.25, -0.2) is 4.39 Å². The molecule has 19 heavy (non-hydrogen) atoms. The topological polar surface area (TPSA) is 12.0 Å². The summed E-state index contributed by atoms with van der Waals surface area (Å²) in [6.07, 6.45) is 6.26. The van der Waals surface area contributed by atoms with Crippen molar-refractivity contribution in [2.75, 3.05) is 6.54 Å². The second-order valence-electron chi connectivity index (χ2n) is 6.20. The van der Waals surface area contributed by atoms with Crippen LogP contribution in [0.15, 0.2) is 24.3 Å². The summed E-state index contributed by atoms with van der Waals surface area (Å²) in [5, 5.41) is 3.65. The predicted molar refractivity (Wildman–Crippen MR) is 78.7 cm³/mol. The Hall–Kier alpha value is -0.890. The van der Waals surface area contributed by atoms with Crippen LogP contribution in [0.4, 0.5) is 4.39 Å². The van der Waals surface area contributed by atoms with Crippen LogP contribution < -0.4 is 5.32 Å². The summed E-state index contributed by atoms with van der Waals surface area (Å²) in [4.78, 5) is 0. The maximum absolute atomic E-state index is 13.1. The lowest BCUT2D eigenvalue weighted by molar-refractivity contribution is 0.232. The Labute approximate surface area is 116 Å². The van der Waals surface area contributed by atoms with E-state index in [1.807, 2.05) is 6.07 Å². The molecule has 106 valence electrons. The van der Waals surface area contributed by atoms with Crippen molar-refractivity contribution in [1.82, 2.24) is 5.32 Å². The molecular formula is C17H26FN. The first-order chi connectivity index (χ1) is 9.15. The van der Waals surface area contributed by atoms with Gasteiger partial charge in [0.2, 0.25) is 0 Å². The zero-order chi connectivity index (χ0) is 13.7. The molecule has 0 amide bonds. The van der Waals surface area contributed by atoms with Gasteiger partial charge in [0, 0.05) is 6.04 Å². The molecule has 0 aromatic heterocycles. The average molecular weight is 263 g/mol. The molecular weight excluding hydrogens is 237 g/mol. The molecule has 1 aromatic carbocycles. The highest BCUT2D eigenvalue weighted by atomic mass is 19.1. The van der Waals surface area contributed by atoms with E-state index < -0.39 is 0 Å². The summed E-state index contributed by atoms with van der Waals surface area (Å²) in [6.45, 7) is 5.62. The highest BCUT2D eigenvalue weighted by Gasteiger charge is 2.23.